The Bertz CT molecular complexity index is 4240. The van der Waals surface area contributed by atoms with Gasteiger partial charge in [0.15, 0.2) is 0 Å². The van der Waals surface area contributed by atoms with Gasteiger partial charge in [-0.1, -0.05) is 121 Å². The summed E-state index contributed by atoms with van der Waals surface area (Å²) in [5, 5.41) is 13.5. The number of hydrogen-bond donors (Lipinski definition) is 0. The average molecular weight is 843 g/mol. The molecular weight excluding hydrogens is 809 g/mol. The lowest BCUT2D eigenvalue weighted by molar-refractivity contribution is 0.668. The molecule has 0 aliphatic rings. The van der Waals surface area contributed by atoms with E-state index in [4.69, 9.17) is 17.7 Å². The largest absolute Gasteiger partial charge is 0.456 e. The van der Waals surface area contributed by atoms with Crippen molar-refractivity contribution in [3.05, 3.63) is 206 Å². The summed E-state index contributed by atoms with van der Waals surface area (Å²) in [6.07, 6.45) is 0. The van der Waals surface area contributed by atoms with E-state index >= 15 is 0 Å². The van der Waals surface area contributed by atoms with Crippen LogP contribution >= 0.6 is 0 Å². The van der Waals surface area contributed by atoms with Crippen LogP contribution in [-0.4, -0.2) is 0 Å². The Kier molecular flexibility index (Phi) is 7.19. The number of furan rings is 4. The van der Waals surface area contributed by atoms with E-state index in [1.807, 2.05) is 48.5 Å². The van der Waals surface area contributed by atoms with Crippen LogP contribution in [0, 0.1) is 0 Å². The third-order valence-electron chi connectivity index (χ3n) is 13.9. The number of benzene rings is 11. The minimum atomic E-state index is 0.872. The molecule has 66 heavy (non-hydrogen) atoms. The molecule has 4 aromatic heterocycles. The van der Waals surface area contributed by atoms with Gasteiger partial charge < -0.3 is 17.7 Å². The molecule has 15 rings (SSSR count). The Hall–Kier alpha value is -8.86. The quantitative estimate of drug-likeness (QED) is 0.166. The lowest BCUT2D eigenvalue weighted by Gasteiger charge is -2.20. The van der Waals surface area contributed by atoms with Gasteiger partial charge in [0.25, 0.3) is 0 Å². The zero-order valence-corrected chi connectivity index (χ0v) is 35.3. The first-order valence-corrected chi connectivity index (χ1v) is 22.4. The van der Waals surface area contributed by atoms with Gasteiger partial charge in [-0.05, 0) is 151 Å². The first-order chi connectivity index (χ1) is 32.7. The Morgan fingerprint density at radius 1 is 0.167 bits per heavy atom. The summed E-state index contributed by atoms with van der Waals surface area (Å²) >= 11 is 0. The van der Waals surface area contributed by atoms with Gasteiger partial charge in [-0.15, -0.1) is 0 Å². The molecule has 0 radical (unpaired) electrons. The van der Waals surface area contributed by atoms with Crippen LogP contribution in [0.1, 0.15) is 0 Å². The Morgan fingerprint density at radius 2 is 0.409 bits per heavy atom. The lowest BCUT2D eigenvalue weighted by Crippen LogP contribution is -1.93. The fraction of sp³-hybridized carbons (Fsp3) is 0. The monoisotopic (exact) mass is 842 g/mol. The van der Waals surface area contributed by atoms with E-state index < -0.39 is 0 Å². The fourth-order valence-electron chi connectivity index (χ4n) is 10.8. The highest BCUT2D eigenvalue weighted by Gasteiger charge is 2.22. The SMILES string of the molecule is c1ccc2c(c1)oc1ccc(-c3ccc4c(-c5ccc6oc7ccccc7c6c5)c5cc(-c6ccc7oc8ccccc8c7c6)ccc5c(-c5ccc6oc7ccccc7c6c5)c4c3)cc12. The van der Waals surface area contributed by atoms with Crippen LogP contribution in [0.2, 0.25) is 0 Å². The molecule has 0 N–H and O–H groups in total. The maximum absolute atomic E-state index is 6.38. The lowest BCUT2D eigenvalue weighted by atomic mass is 9.83. The van der Waals surface area contributed by atoms with Crippen molar-refractivity contribution in [3.8, 4) is 44.5 Å². The van der Waals surface area contributed by atoms with Gasteiger partial charge in [-0.25, -0.2) is 0 Å². The molecule has 4 nitrogen and oxygen atoms in total. The van der Waals surface area contributed by atoms with E-state index in [0.29, 0.717) is 0 Å². The smallest absolute Gasteiger partial charge is 0.135 e. The molecule has 0 bridgehead atoms. The van der Waals surface area contributed by atoms with E-state index in [0.717, 1.165) is 143 Å². The molecule has 0 atom stereocenters. The third-order valence-corrected chi connectivity index (χ3v) is 13.9. The summed E-state index contributed by atoms with van der Waals surface area (Å²) in [5.74, 6) is 0. The minimum Gasteiger partial charge on any atom is -0.456 e. The van der Waals surface area contributed by atoms with Crippen LogP contribution in [-0.2, 0) is 0 Å². The summed E-state index contributed by atoms with van der Waals surface area (Å²) < 4.78 is 25.3. The van der Waals surface area contributed by atoms with Crippen molar-refractivity contribution in [2.24, 2.45) is 0 Å². The first kappa shape index (κ1) is 35.6. The highest BCUT2D eigenvalue weighted by molar-refractivity contribution is 6.24. The molecule has 4 heteroatoms. The second kappa shape index (κ2) is 13.3. The van der Waals surface area contributed by atoms with Gasteiger partial charge in [0.1, 0.15) is 44.7 Å². The molecule has 0 amide bonds. The van der Waals surface area contributed by atoms with Crippen LogP contribution in [0.25, 0.3) is 154 Å². The van der Waals surface area contributed by atoms with Gasteiger partial charge in [-0.3, -0.25) is 0 Å². The molecule has 15 aromatic rings. The second-order valence-corrected chi connectivity index (χ2v) is 17.5. The van der Waals surface area contributed by atoms with Gasteiger partial charge in [0, 0.05) is 43.1 Å². The second-order valence-electron chi connectivity index (χ2n) is 17.5. The van der Waals surface area contributed by atoms with Crippen molar-refractivity contribution in [2.75, 3.05) is 0 Å². The van der Waals surface area contributed by atoms with E-state index in [-0.39, 0.29) is 0 Å². The van der Waals surface area contributed by atoms with Crippen LogP contribution in [0.15, 0.2) is 224 Å². The van der Waals surface area contributed by atoms with Crippen molar-refractivity contribution in [2.45, 2.75) is 0 Å². The van der Waals surface area contributed by atoms with Crippen LogP contribution < -0.4 is 0 Å². The van der Waals surface area contributed by atoms with E-state index in [1.54, 1.807) is 0 Å². The number of rotatable bonds is 4. The van der Waals surface area contributed by atoms with Crippen molar-refractivity contribution < 1.29 is 17.7 Å². The normalized spacial score (nSPS) is 12.2. The predicted molar refractivity (Wildman–Crippen MR) is 272 cm³/mol. The molecule has 0 saturated carbocycles. The molecule has 11 aromatic carbocycles. The number of para-hydroxylation sites is 4. The van der Waals surface area contributed by atoms with Crippen molar-refractivity contribution in [1.82, 2.24) is 0 Å². The molecule has 0 unspecified atom stereocenters. The molecule has 306 valence electrons. The molecule has 0 aliphatic heterocycles. The summed E-state index contributed by atoms with van der Waals surface area (Å²) in [6.45, 7) is 0. The summed E-state index contributed by atoms with van der Waals surface area (Å²) in [6, 6.07) is 73.7. The van der Waals surface area contributed by atoms with Crippen molar-refractivity contribution >= 4 is 109 Å². The summed E-state index contributed by atoms with van der Waals surface area (Å²) in [7, 11) is 0. The van der Waals surface area contributed by atoms with E-state index in [1.165, 1.54) is 11.1 Å². The predicted octanol–water partition coefficient (Wildman–Crippen LogP) is 18.3. The van der Waals surface area contributed by atoms with Gasteiger partial charge in [0.05, 0.1) is 0 Å². The highest BCUT2D eigenvalue weighted by atomic mass is 16.3. The minimum absolute atomic E-state index is 0.872. The Balaban J connectivity index is 1.05. The van der Waals surface area contributed by atoms with Gasteiger partial charge in [-0.2, -0.15) is 0 Å². The molecule has 0 aliphatic carbocycles. The van der Waals surface area contributed by atoms with Gasteiger partial charge in [0.2, 0.25) is 0 Å². The highest BCUT2D eigenvalue weighted by Crippen LogP contribution is 2.48. The van der Waals surface area contributed by atoms with E-state index in [9.17, 15) is 0 Å². The average Bonchev–Trinajstić information content (AvgIpc) is 4.14. The Morgan fingerprint density at radius 3 is 0.742 bits per heavy atom. The zero-order valence-electron chi connectivity index (χ0n) is 35.3. The maximum Gasteiger partial charge on any atom is 0.135 e. The summed E-state index contributed by atoms with van der Waals surface area (Å²) in [5.41, 5.74) is 16.2. The van der Waals surface area contributed by atoms with Crippen LogP contribution in [0.5, 0.6) is 0 Å². The zero-order chi connectivity index (χ0) is 43.0. The van der Waals surface area contributed by atoms with Crippen LogP contribution in [0.3, 0.4) is 0 Å². The van der Waals surface area contributed by atoms with E-state index in [2.05, 4.69) is 158 Å². The van der Waals surface area contributed by atoms with Crippen LogP contribution in [0.4, 0.5) is 0 Å². The van der Waals surface area contributed by atoms with Crippen molar-refractivity contribution in [1.29, 1.82) is 0 Å². The standard InChI is InChI=1S/C62H34O4/c1-5-13-53-41(9-1)47-29-37(19-25-57(47)63-53)35-17-23-45-51(31-35)61(39-21-27-59-49(33-39)43-11-3-7-15-55(43)65-59)46-24-18-36(38-20-26-58-48(30-38)42-10-2-6-14-54(42)64-58)32-52(46)62(45)40-22-28-60-50(34-40)44-12-4-8-16-56(44)66-60/h1-34H. The molecule has 0 fully saturated rings. The topological polar surface area (TPSA) is 52.6 Å². The number of fused-ring (bicyclic) bond motifs is 14. The fourth-order valence-corrected chi connectivity index (χ4v) is 10.8. The molecule has 0 spiro atoms. The maximum atomic E-state index is 6.38. The molecular formula is C62H34O4. The molecule has 0 saturated heterocycles. The summed E-state index contributed by atoms with van der Waals surface area (Å²) in [4.78, 5) is 0. The first-order valence-electron chi connectivity index (χ1n) is 22.4. The molecule has 4 heterocycles. The number of hydrogen-bond acceptors (Lipinski definition) is 4. The van der Waals surface area contributed by atoms with Crippen molar-refractivity contribution in [3.63, 3.8) is 0 Å². The van der Waals surface area contributed by atoms with Gasteiger partial charge >= 0.3 is 0 Å². The third kappa shape index (κ3) is 5.15. The Labute approximate surface area is 376 Å².